The molecule has 0 aromatic carbocycles. The SMILES string of the molecule is CC(C)C(=O)N(C1CCC(C)(C)CC1)[C@@H]1CN[C@@H]([S+]([O-])CN(C)C)C1. The van der Waals surface area contributed by atoms with Crippen molar-refractivity contribution in [1.29, 1.82) is 0 Å². The fourth-order valence-electron chi connectivity index (χ4n) is 4.06. The Balaban J connectivity index is 2.05. The van der Waals surface area contributed by atoms with Crippen LogP contribution in [0.15, 0.2) is 0 Å². The number of amides is 1. The van der Waals surface area contributed by atoms with Gasteiger partial charge in [-0.05, 0) is 56.4 Å². The van der Waals surface area contributed by atoms with E-state index < -0.39 is 11.2 Å². The number of nitrogens with one attached hydrogen (secondary N) is 1. The smallest absolute Gasteiger partial charge is 0.225 e. The average molecular weight is 372 g/mol. The van der Waals surface area contributed by atoms with E-state index in [0.29, 0.717) is 17.3 Å². The van der Waals surface area contributed by atoms with Gasteiger partial charge in [0.05, 0.1) is 6.04 Å². The molecule has 146 valence electrons. The second-order valence-corrected chi connectivity index (χ2v) is 10.8. The van der Waals surface area contributed by atoms with E-state index in [0.717, 1.165) is 25.8 Å². The van der Waals surface area contributed by atoms with Gasteiger partial charge in [-0.1, -0.05) is 27.7 Å². The summed E-state index contributed by atoms with van der Waals surface area (Å²) < 4.78 is 12.5. The van der Waals surface area contributed by atoms with E-state index >= 15 is 0 Å². The minimum absolute atomic E-state index is 0.00473. The first-order valence-electron chi connectivity index (χ1n) is 9.68. The topological polar surface area (TPSA) is 58.6 Å². The van der Waals surface area contributed by atoms with Crippen molar-refractivity contribution < 1.29 is 9.35 Å². The number of rotatable bonds is 6. The van der Waals surface area contributed by atoms with E-state index in [9.17, 15) is 9.35 Å². The number of carbonyl (C=O) groups excluding carboxylic acids is 1. The second kappa shape index (κ2) is 8.59. The minimum atomic E-state index is -0.927. The van der Waals surface area contributed by atoms with Crippen LogP contribution in [0.2, 0.25) is 0 Å². The van der Waals surface area contributed by atoms with Crippen molar-refractivity contribution in [2.45, 2.75) is 77.3 Å². The average Bonchev–Trinajstić information content (AvgIpc) is 2.98. The Morgan fingerprint density at radius 2 is 1.84 bits per heavy atom. The third-order valence-corrected chi connectivity index (χ3v) is 7.38. The fraction of sp³-hybridized carbons (Fsp3) is 0.947. The lowest BCUT2D eigenvalue weighted by molar-refractivity contribution is -0.140. The molecule has 2 fully saturated rings. The first kappa shape index (κ1) is 21.0. The Morgan fingerprint density at radius 3 is 2.36 bits per heavy atom. The number of hydrogen-bond acceptors (Lipinski definition) is 4. The highest BCUT2D eigenvalue weighted by molar-refractivity contribution is 7.91. The van der Waals surface area contributed by atoms with Crippen LogP contribution in [0.25, 0.3) is 0 Å². The largest absolute Gasteiger partial charge is 0.614 e. The summed E-state index contributed by atoms with van der Waals surface area (Å²) >= 11 is -0.927. The lowest BCUT2D eigenvalue weighted by Gasteiger charge is -2.43. The van der Waals surface area contributed by atoms with Crippen molar-refractivity contribution in [2.75, 3.05) is 26.5 Å². The van der Waals surface area contributed by atoms with Crippen molar-refractivity contribution in [3.8, 4) is 0 Å². The molecule has 6 heteroatoms. The maximum Gasteiger partial charge on any atom is 0.225 e. The number of carbonyl (C=O) groups is 1. The van der Waals surface area contributed by atoms with Crippen LogP contribution in [-0.4, -0.2) is 64.2 Å². The van der Waals surface area contributed by atoms with Gasteiger partial charge < -0.3 is 9.45 Å². The zero-order valence-corrected chi connectivity index (χ0v) is 17.7. The summed E-state index contributed by atoms with van der Waals surface area (Å²) in [5.41, 5.74) is 0.396. The zero-order chi connectivity index (χ0) is 18.8. The van der Waals surface area contributed by atoms with Crippen LogP contribution in [0.1, 0.15) is 59.8 Å². The molecule has 0 aromatic heterocycles. The molecule has 1 aliphatic heterocycles. The van der Waals surface area contributed by atoms with Gasteiger partial charge in [0, 0.05) is 24.9 Å². The van der Waals surface area contributed by atoms with Gasteiger partial charge >= 0.3 is 0 Å². The van der Waals surface area contributed by atoms with Gasteiger partial charge in [-0.3, -0.25) is 15.0 Å². The maximum atomic E-state index is 13.0. The summed E-state index contributed by atoms with van der Waals surface area (Å²) in [6.45, 7) is 9.41. The third-order valence-electron chi connectivity index (χ3n) is 5.61. The Morgan fingerprint density at radius 1 is 1.24 bits per heavy atom. The van der Waals surface area contributed by atoms with E-state index in [1.165, 1.54) is 12.8 Å². The van der Waals surface area contributed by atoms with Crippen molar-refractivity contribution >= 4 is 17.1 Å². The molecule has 0 radical (unpaired) electrons. The highest BCUT2D eigenvalue weighted by atomic mass is 32.2. The van der Waals surface area contributed by atoms with E-state index in [1.807, 2.05) is 32.8 Å². The molecule has 3 atom stereocenters. The molecule has 1 amide bonds. The van der Waals surface area contributed by atoms with Crippen LogP contribution in [0.4, 0.5) is 0 Å². The van der Waals surface area contributed by atoms with Crippen molar-refractivity contribution in [3.63, 3.8) is 0 Å². The van der Waals surface area contributed by atoms with Crippen LogP contribution in [0.5, 0.6) is 0 Å². The summed E-state index contributed by atoms with van der Waals surface area (Å²) in [6.07, 6.45) is 5.34. The molecule has 0 spiro atoms. The van der Waals surface area contributed by atoms with E-state index in [1.54, 1.807) is 0 Å². The van der Waals surface area contributed by atoms with Gasteiger partial charge in [0.2, 0.25) is 5.91 Å². The molecule has 2 aliphatic rings. The number of nitrogens with zero attached hydrogens (tertiary/aromatic N) is 2. The molecule has 2 rings (SSSR count). The van der Waals surface area contributed by atoms with Crippen LogP contribution in [0, 0.1) is 11.3 Å². The quantitative estimate of drug-likeness (QED) is 0.729. The summed E-state index contributed by atoms with van der Waals surface area (Å²) in [7, 11) is 3.89. The van der Waals surface area contributed by atoms with Crippen molar-refractivity contribution in [1.82, 2.24) is 15.1 Å². The van der Waals surface area contributed by atoms with Gasteiger partial charge in [-0.25, -0.2) is 0 Å². The van der Waals surface area contributed by atoms with E-state index in [2.05, 4.69) is 24.1 Å². The van der Waals surface area contributed by atoms with Gasteiger partial charge in [0.15, 0.2) is 11.3 Å². The molecule has 0 aromatic rings. The Bertz CT molecular complexity index is 446. The molecule has 25 heavy (non-hydrogen) atoms. The molecule has 5 nitrogen and oxygen atoms in total. The first-order chi connectivity index (χ1) is 11.6. The van der Waals surface area contributed by atoms with Gasteiger partial charge in [0.1, 0.15) is 0 Å². The monoisotopic (exact) mass is 371 g/mol. The lowest BCUT2D eigenvalue weighted by Crippen LogP contribution is -2.51. The molecule has 1 aliphatic carbocycles. The van der Waals surface area contributed by atoms with Gasteiger partial charge in [0.25, 0.3) is 0 Å². The van der Waals surface area contributed by atoms with Crippen LogP contribution in [-0.2, 0) is 16.0 Å². The molecule has 1 saturated carbocycles. The molecule has 1 heterocycles. The molecule has 1 unspecified atom stereocenters. The van der Waals surface area contributed by atoms with E-state index in [4.69, 9.17) is 0 Å². The minimum Gasteiger partial charge on any atom is -0.614 e. The standard InChI is InChI=1S/C19H37N3O2S/c1-14(2)18(23)22(15-7-9-19(3,4)10-8-15)16-11-17(20-12-16)25(24)13-21(5)6/h14-17,20H,7-13H2,1-6H3/t16-,17-,25?/m0/s1. The molecule has 0 bridgehead atoms. The third kappa shape index (κ3) is 5.59. The molecule has 1 N–H and O–H groups in total. The Labute approximate surface area is 157 Å². The maximum absolute atomic E-state index is 13.0. The lowest BCUT2D eigenvalue weighted by atomic mass is 9.75. The molecular weight excluding hydrogens is 334 g/mol. The summed E-state index contributed by atoms with van der Waals surface area (Å²) in [5, 5.41) is 3.42. The summed E-state index contributed by atoms with van der Waals surface area (Å²) in [4.78, 5) is 17.1. The second-order valence-electron chi connectivity index (χ2n) is 9.17. The van der Waals surface area contributed by atoms with Crippen molar-refractivity contribution in [2.24, 2.45) is 11.3 Å². The summed E-state index contributed by atoms with van der Waals surface area (Å²) in [6, 6.07) is 0.521. The zero-order valence-electron chi connectivity index (χ0n) is 16.9. The number of hydrogen-bond donors (Lipinski definition) is 1. The van der Waals surface area contributed by atoms with E-state index in [-0.39, 0.29) is 23.2 Å². The van der Waals surface area contributed by atoms with Crippen LogP contribution < -0.4 is 5.32 Å². The Hall–Kier alpha value is -0.300. The Kier molecular flexibility index (Phi) is 7.22. The summed E-state index contributed by atoms with van der Waals surface area (Å²) in [5.74, 6) is 0.844. The van der Waals surface area contributed by atoms with Crippen LogP contribution >= 0.6 is 0 Å². The highest BCUT2D eigenvalue weighted by Crippen LogP contribution is 2.38. The normalized spacial score (nSPS) is 28.5. The fourth-order valence-corrected chi connectivity index (χ4v) is 5.46. The first-order valence-corrected chi connectivity index (χ1v) is 11.1. The van der Waals surface area contributed by atoms with Gasteiger partial charge in [-0.2, -0.15) is 0 Å². The predicted molar refractivity (Wildman–Crippen MR) is 105 cm³/mol. The molecular formula is C19H37N3O2S. The highest BCUT2D eigenvalue weighted by Gasteiger charge is 2.42. The van der Waals surface area contributed by atoms with Crippen LogP contribution in [0.3, 0.4) is 0 Å². The predicted octanol–water partition coefficient (Wildman–Crippen LogP) is 2.40. The molecule has 1 saturated heterocycles. The van der Waals surface area contributed by atoms with Gasteiger partial charge in [-0.15, -0.1) is 0 Å². The van der Waals surface area contributed by atoms with Crippen molar-refractivity contribution in [3.05, 3.63) is 0 Å².